The highest BCUT2D eigenvalue weighted by molar-refractivity contribution is 6.30. The monoisotopic (exact) mass is 338 g/mol. The van der Waals surface area contributed by atoms with E-state index >= 15 is 0 Å². The van der Waals surface area contributed by atoms with Crippen LogP contribution in [0, 0.1) is 0 Å². The van der Waals surface area contributed by atoms with Crippen molar-refractivity contribution in [3.63, 3.8) is 0 Å². The van der Waals surface area contributed by atoms with Crippen molar-refractivity contribution in [3.05, 3.63) is 65.3 Å². The second-order valence-electron chi connectivity index (χ2n) is 5.56. The van der Waals surface area contributed by atoms with Crippen LogP contribution in [0.3, 0.4) is 0 Å². The van der Waals surface area contributed by atoms with Crippen LogP contribution in [0.25, 0.3) is 22.0 Å². The Morgan fingerprint density at radius 1 is 1.04 bits per heavy atom. The summed E-state index contributed by atoms with van der Waals surface area (Å²) in [7, 11) is 0. The lowest BCUT2D eigenvalue weighted by atomic mass is 10.0. The van der Waals surface area contributed by atoms with E-state index < -0.39 is 0 Å². The predicted molar refractivity (Wildman–Crippen MR) is 99.4 cm³/mol. The number of pyridine rings is 1. The topological polar surface area (TPSA) is 33.2 Å². The third-order valence-corrected chi connectivity index (χ3v) is 4.38. The van der Waals surface area contributed by atoms with E-state index in [0.717, 1.165) is 22.0 Å². The van der Waals surface area contributed by atoms with Gasteiger partial charge in [0.15, 0.2) is 0 Å². The molecule has 0 N–H and O–H groups in total. The number of carbonyl (C=O) groups is 1. The van der Waals surface area contributed by atoms with Gasteiger partial charge in [0.2, 0.25) is 0 Å². The van der Waals surface area contributed by atoms with Gasteiger partial charge >= 0.3 is 0 Å². The molecule has 0 fully saturated rings. The standard InChI is InChI=1S/C20H19ClN2O/c1-3-23(4-2)20(24)18-13-15-7-5-6-8-17(15)19(22-18)14-9-11-16(21)12-10-14/h5-13H,3-4H2,1-2H3. The van der Waals surface area contributed by atoms with E-state index in [4.69, 9.17) is 11.6 Å². The SMILES string of the molecule is CCN(CC)C(=O)c1cc2ccccc2c(-c2ccc(Cl)cc2)n1. The number of hydrogen-bond donors (Lipinski definition) is 0. The van der Waals surface area contributed by atoms with Gasteiger partial charge in [0.25, 0.3) is 5.91 Å². The van der Waals surface area contributed by atoms with Crippen LogP contribution in [0.2, 0.25) is 5.02 Å². The predicted octanol–water partition coefficient (Wildman–Crippen LogP) is 5.04. The molecule has 0 spiro atoms. The smallest absolute Gasteiger partial charge is 0.272 e. The van der Waals surface area contributed by atoms with Crippen molar-refractivity contribution in [3.8, 4) is 11.3 Å². The maximum absolute atomic E-state index is 12.7. The Morgan fingerprint density at radius 2 is 1.71 bits per heavy atom. The van der Waals surface area contributed by atoms with E-state index in [1.165, 1.54) is 0 Å². The number of benzene rings is 2. The minimum Gasteiger partial charge on any atom is -0.338 e. The van der Waals surface area contributed by atoms with Crippen molar-refractivity contribution in [1.29, 1.82) is 0 Å². The molecule has 0 atom stereocenters. The molecule has 0 radical (unpaired) electrons. The van der Waals surface area contributed by atoms with E-state index in [-0.39, 0.29) is 5.91 Å². The molecule has 122 valence electrons. The van der Waals surface area contributed by atoms with Crippen molar-refractivity contribution in [2.75, 3.05) is 13.1 Å². The minimum atomic E-state index is -0.0408. The zero-order valence-electron chi connectivity index (χ0n) is 13.8. The average Bonchev–Trinajstić information content (AvgIpc) is 2.62. The second-order valence-corrected chi connectivity index (χ2v) is 6.00. The fourth-order valence-corrected chi connectivity index (χ4v) is 2.93. The van der Waals surface area contributed by atoms with E-state index in [9.17, 15) is 4.79 Å². The molecule has 2 aromatic carbocycles. The van der Waals surface area contributed by atoms with Gasteiger partial charge in [-0.25, -0.2) is 4.98 Å². The molecule has 3 nitrogen and oxygen atoms in total. The first-order valence-electron chi connectivity index (χ1n) is 8.09. The molecule has 0 saturated carbocycles. The summed E-state index contributed by atoms with van der Waals surface area (Å²) in [5.41, 5.74) is 2.23. The second kappa shape index (κ2) is 7.02. The van der Waals surface area contributed by atoms with Gasteiger partial charge in [0, 0.05) is 29.1 Å². The molecule has 3 rings (SSSR count). The summed E-state index contributed by atoms with van der Waals surface area (Å²) in [5, 5.41) is 2.71. The lowest BCUT2D eigenvalue weighted by Crippen LogP contribution is -2.31. The summed E-state index contributed by atoms with van der Waals surface area (Å²) in [6.07, 6.45) is 0. The lowest BCUT2D eigenvalue weighted by Gasteiger charge is -2.19. The molecule has 0 unspecified atom stereocenters. The van der Waals surface area contributed by atoms with Gasteiger partial charge in [0.1, 0.15) is 5.69 Å². The van der Waals surface area contributed by atoms with Gasteiger partial charge in [-0.2, -0.15) is 0 Å². The number of hydrogen-bond acceptors (Lipinski definition) is 2. The van der Waals surface area contributed by atoms with Crippen molar-refractivity contribution >= 4 is 28.3 Å². The fourth-order valence-electron chi connectivity index (χ4n) is 2.81. The molecule has 0 aliphatic heterocycles. The van der Waals surface area contributed by atoms with E-state index in [2.05, 4.69) is 4.98 Å². The Bertz CT molecular complexity index is 870. The molecule has 0 bridgehead atoms. The summed E-state index contributed by atoms with van der Waals surface area (Å²) in [4.78, 5) is 19.2. The molecule has 1 aromatic heterocycles. The Balaban J connectivity index is 2.20. The van der Waals surface area contributed by atoms with Crippen LogP contribution >= 0.6 is 11.6 Å². The molecule has 3 aromatic rings. The maximum Gasteiger partial charge on any atom is 0.272 e. The van der Waals surface area contributed by atoms with Crippen molar-refractivity contribution in [2.45, 2.75) is 13.8 Å². The van der Waals surface area contributed by atoms with Gasteiger partial charge in [0.05, 0.1) is 5.69 Å². The largest absolute Gasteiger partial charge is 0.338 e. The average molecular weight is 339 g/mol. The number of amides is 1. The third-order valence-electron chi connectivity index (χ3n) is 4.13. The third kappa shape index (κ3) is 3.13. The van der Waals surface area contributed by atoms with Crippen LogP contribution in [-0.4, -0.2) is 28.9 Å². The van der Waals surface area contributed by atoms with E-state index in [0.29, 0.717) is 23.8 Å². The molecule has 0 aliphatic carbocycles. The zero-order chi connectivity index (χ0) is 17.1. The van der Waals surface area contributed by atoms with Gasteiger partial charge in [-0.05, 0) is 37.4 Å². The van der Waals surface area contributed by atoms with Crippen LogP contribution in [0.15, 0.2) is 54.6 Å². The number of fused-ring (bicyclic) bond motifs is 1. The van der Waals surface area contributed by atoms with E-state index in [1.807, 2.05) is 68.4 Å². The van der Waals surface area contributed by atoms with Gasteiger partial charge < -0.3 is 4.90 Å². The lowest BCUT2D eigenvalue weighted by molar-refractivity contribution is 0.0767. The van der Waals surface area contributed by atoms with Crippen LogP contribution in [-0.2, 0) is 0 Å². The first kappa shape index (κ1) is 16.5. The molecule has 4 heteroatoms. The summed E-state index contributed by atoms with van der Waals surface area (Å²) in [6.45, 7) is 5.28. The zero-order valence-corrected chi connectivity index (χ0v) is 14.5. The van der Waals surface area contributed by atoms with Crippen LogP contribution in [0.4, 0.5) is 0 Å². The molecule has 1 amide bonds. The summed E-state index contributed by atoms with van der Waals surface area (Å²) >= 11 is 6.00. The van der Waals surface area contributed by atoms with Crippen LogP contribution in [0.5, 0.6) is 0 Å². The van der Waals surface area contributed by atoms with Crippen molar-refractivity contribution in [1.82, 2.24) is 9.88 Å². The number of carbonyl (C=O) groups excluding carboxylic acids is 1. The summed E-state index contributed by atoms with van der Waals surface area (Å²) < 4.78 is 0. The van der Waals surface area contributed by atoms with Crippen LogP contribution in [0.1, 0.15) is 24.3 Å². The first-order chi connectivity index (χ1) is 11.6. The van der Waals surface area contributed by atoms with Crippen LogP contribution < -0.4 is 0 Å². The molecular weight excluding hydrogens is 320 g/mol. The number of rotatable bonds is 4. The van der Waals surface area contributed by atoms with Gasteiger partial charge in [-0.3, -0.25) is 4.79 Å². The molecular formula is C20H19ClN2O. The minimum absolute atomic E-state index is 0.0408. The van der Waals surface area contributed by atoms with Gasteiger partial charge in [-0.15, -0.1) is 0 Å². The van der Waals surface area contributed by atoms with Crippen molar-refractivity contribution in [2.24, 2.45) is 0 Å². The highest BCUT2D eigenvalue weighted by Crippen LogP contribution is 2.28. The Labute approximate surface area is 146 Å². The fraction of sp³-hybridized carbons (Fsp3) is 0.200. The quantitative estimate of drug-likeness (QED) is 0.668. The number of aromatic nitrogens is 1. The Morgan fingerprint density at radius 3 is 2.38 bits per heavy atom. The summed E-state index contributed by atoms with van der Waals surface area (Å²) in [5.74, 6) is -0.0408. The highest BCUT2D eigenvalue weighted by atomic mass is 35.5. The molecule has 0 saturated heterocycles. The van der Waals surface area contributed by atoms with E-state index in [1.54, 1.807) is 4.90 Å². The maximum atomic E-state index is 12.7. The van der Waals surface area contributed by atoms with Crippen molar-refractivity contribution < 1.29 is 4.79 Å². The Kier molecular flexibility index (Phi) is 4.81. The highest BCUT2D eigenvalue weighted by Gasteiger charge is 2.17. The molecule has 0 aliphatic rings. The van der Waals surface area contributed by atoms with Gasteiger partial charge in [-0.1, -0.05) is 48.0 Å². The number of halogens is 1. The normalized spacial score (nSPS) is 10.8. The molecule has 24 heavy (non-hydrogen) atoms. The summed E-state index contributed by atoms with van der Waals surface area (Å²) in [6, 6.07) is 17.4. The number of nitrogens with zero attached hydrogens (tertiary/aromatic N) is 2. The Hall–Kier alpha value is -2.39. The molecule has 1 heterocycles. The first-order valence-corrected chi connectivity index (χ1v) is 8.46.